The van der Waals surface area contributed by atoms with Crippen molar-refractivity contribution in [1.29, 1.82) is 0 Å². The molecule has 0 aliphatic carbocycles. The Bertz CT molecular complexity index is 732. The van der Waals surface area contributed by atoms with Gasteiger partial charge in [0.05, 0.1) is 5.02 Å². The molecule has 2 aromatic rings. The molecule has 0 bridgehead atoms. The minimum atomic E-state index is -0.0151. The summed E-state index contributed by atoms with van der Waals surface area (Å²) in [6.45, 7) is 4.24. The first-order valence-electron chi connectivity index (χ1n) is 8.74. The molecule has 0 aromatic heterocycles. The second-order valence-electron chi connectivity index (χ2n) is 6.32. The average molecular weight is 393 g/mol. The second kappa shape index (κ2) is 9.26. The van der Waals surface area contributed by atoms with Gasteiger partial charge in [0.2, 0.25) is 0 Å². The smallest absolute Gasteiger partial charge is 0.260 e. The summed E-state index contributed by atoms with van der Waals surface area (Å²) in [5.74, 6) is 0.463. The van der Waals surface area contributed by atoms with E-state index in [1.807, 2.05) is 11.0 Å². The molecule has 3 rings (SSSR count). The van der Waals surface area contributed by atoms with Crippen LogP contribution in [0.3, 0.4) is 0 Å². The minimum Gasteiger partial charge on any atom is -0.482 e. The number of ether oxygens (including phenoxy) is 1. The standard InChI is InChI=1S/C20H22Cl2N2O2/c21-17-6-7-19(18(22)14-17)26-15-20(25)24-12-10-23(11-13-24)9-8-16-4-2-1-3-5-16/h1-7,14H,8-13,15H2. The van der Waals surface area contributed by atoms with Gasteiger partial charge in [-0.05, 0) is 30.2 Å². The first-order valence-corrected chi connectivity index (χ1v) is 9.49. The molecule has 4 nitrogen and oxygen atoms in total. The molecule has 0 atom stereocenters. The van der Waals surface area contributed by atoms with Crippen LogP contribution in [0.25, 0.3) is 0 Å². The van der Waals surface area contributed by atoms with Crippen LogP contribution in [0.1, 0.15) is 5.56 Å². The molecule has 1 saturated heterocycles. The number of halogens is 2. The van der Waals surface area contributed by atoms with E-state index in [1.165, 1.54) is 5.56 Å². The molecule has 0 saturated carbocycles. The van der Waals surface area contributed by atoms with E-state index in [4.69, 9.17) is 27.9 Å². The molecule has 0 N–H and O–H groups in total. The lowest BCUT2D eigenvalue weighted by Gasteiger charge is -2.34. The van der Waals surface area contributed by atoms with E-state index in [9.17, 15) is 4.79 Å². The summed E-state index contributed by atoms with van der Waals surface area (Å²) in [5, 5.41) is 0.955. The van der Waals surface area contributed by atoms with Gasteiger partial charge in [-0.25, -0.2) is 0 Å². The van der Waals surface area contributed by atoms with Crippen LogP contribution in [0, 0.1) is 0 Å². The summed E-state index contributed by atoms with van der Waals surface area (Å²) in [6.07, 6.45) is 1.03. The van der Waals surface area contributed by atoms with Gasteiger partial charge < -0.3 is 9.64 Å². The van der Waals surface area contributed by atoms with E-state index in [-0.39, 0.29) is 12.5 Å². The highest BCUT2D eigenvalue weighted by Gasteiger charge is 2.21. The van der Waals surface area contributed by atoms with Crippen LogP contribution in [0.5, 0.6) is 5.75 Å². The third-order valence-corrected chi connectivity index (χ3v) is 5.06. The highest BCUT2D eigenvalue weighted by Crippen LogP contribution is 2.27. The van der Waals surface area contributed by atoms with Crippen LogP contribution in [0.15, 0.2) is 48.5 Å². The lowest BCUT2D eigenvalue weighted by Crippen LogP contribution is -2.50. The van der Waals surface area contributed by atoms with Crippen molar-refractivity contribution in [2.24, 2.45) is 0 Å². The molecule has 1 amide bonds. The monoisotopic (exact) mass is 392 g/mol. The van der Waals surface area contributed by atoms with Crippen molar-refractivity contribution in [1.82, 2.24) is 9.80 Å². The zero-order valence-electron chi connectivity index (χ0n) is 14.5. The molecule has 1 aliphatic rings. The van der Waals surface area contributed by atoms with Gasteiger partial charge in [-0.1, -0.05) is 53.5 Å². The van der Waals surface area contributed by atoms with Crippen molar-refractivity contribution in [3.05, 3.63) is 64.1 Å². The van der Waals surface area contributed by atoms with Crippen LogP contribution >= 0.6 is 23.2 Å². The lowest BCUT2D eigenvalue weighted by molar-refractivity contribution is -0.135. The highest BCUT2D eigenvalue weighted by molar-refractivity contribution is 6.35. The van der Waals surface area contributed by atoms with Gasteiger partial charge in [0.15, 0.2) is 6.61 Å². The van der Waals surface area contributed by atoms with Crippen molar-refractivity contribution in [2.45, 2.75) is 6.42 Å². The molecule has 1 heterocycles. The van der Waals surface area contributed by atoms with Gasteiger partial charge in [0, 0.05) is 37.7 Å². The zero-order valence-corrected chi connectivity index (χ0v) is 16.0. The van der Waals surface area contributed by atoms with Crippen molar-refractivity contribution in [3.63, 3.8) is 0 Å². The molecule has 2 aromatic carbocycles. The first-order chi connectivity index (χ1) is 12.6. The number of piperazine rings is 1. The van der Waals surface area contributed by atoms with Gasteiger partial charge in [-0.2, -0.15) is 0 Å². The predicted molar refractivity (Wildman–Crippen MR) is 105 cm³/mol. The van der Waals surface area contributed by atoms with Crippen LogP contribution in [0.4, 0.5) is 0 Å². The molecule has 0 radical (unpaired) electrons. The number of carbonyl (C=O) groups is 1. The van der Waals surface area contributed by atoms with E-state index in [1.54, 1.807) is 18.2 Å². The van der Waals surface area contributed by atoms with Gasteiger partial charge in [-0.3, -0.25) is 9.69 Å². The van der Waals surface area contributed by atoms with E-state index in [0.717, 1.165) is 39.1 Å². The Morgan fingerprint density at radius 3 is 2.42 bits per heavy atom. The number of benzene rings is 2. The third-order valence-electron chi connectivity index (χ3n) is 4.53. The van der Waals surface area contributed by atoms with E-state index < -0.39 is 0 Å². The molecule has 0 unspecified atom stereocenters. The van der Waals surface area contributed by atoms with Crippen molar-refractivity contribution < 1.29 is 9.53 Å². The lowest BCUT2D eigenvalue weighted by atomic mass is 10.1. The maximum absolute atomic E-state index is 12.3. The van der Waals surface area contributed by atoms with E-state index in [0.29, 0.717) is 15.8 Å². The minimum absolute atomic E-state index is 0.00856. The molecular formula is C20H22Cl2N2O2. The van der Waals surface area contributed by atoms with Crippen molar-refractivity contribution in [2.75, 3.05) is 39.3 Å². The fourth-order valence-corrected chi connectivity index (χ4v) is 3.44. The quantitative estimate of drug-likeness (QED) is 0.749. The number of carbonyl (C=O) groups excluding carboxylic acids is 1. The van der Waals surface area contributed by atoms with E-state index in [2.05, 4.69) is 29.2 Å². The maximum Gasteiger partial charge on any atom is 0.260 e. The molecule has 0 spiro atoms. The van der Waals surface area contributed by atoms with Gasteiger partial charge in [0.1, 0.15) is 5.75 Å². The number of amides is 1. The summed E-state index contributed by atoms with van der Waals surface area (Å²) in [6, 6.07) is 15.5. The largest absolute Gasteiger partial charge is 0.482 e. The molecule has 1 fully saturated rings. The number of hydrogen-bond acceptors (Lipinski definition) is 3. The predicted octanol–water partition coefficient (Wildman–Crippen LogP) is 3.76. The van der Waals surface area contributed by atoms with Crippen LogP contribution in [-0.4, -0.2) is 55.0 Å². The van der Waals surface area contributed by atoms with Crippen molar-refractivity contribution >= 4 is 29.1 Å². The summed E-state index contributed by atoms with van der Waals surface area (Å²) >= 11 is 11.9. The highest BCUT2D eigenvalue weighted by atomic mass is 35.5. The normalized spacial score (nSPS) is 15.1. The van der Waals surface area contributed by atoms with Crippen LogP contribution < -0.4 is 4.74 Å². The molecule has 138 valence electrons. The molecule has 26 heavy (non-hydrogen) atoms. The summed E-state index contributed by atoms with van der Waals surface area (Å²) in [7, 11) is 0. The van der Waals surface area contributed by atoms with Gasteiger partial charge in [-0.15, -0.1) is 0 Å². The number of rotatable bonds is 6. The Labute approximate surface area is 164 Å². The second-order valence-corrected chi connectivity index (χ2v) is 7.17. The van der Waals surface area contributed by atoms with Crippen LogP contribution in [0.2, 0.25) is 10.0 Å². The van der Waals surface area contributed by atoms with Gasteiger partial charge in [0.25, 0.3) is 5.91 Å². The zero-order chi connectivity index (χ0) is 18.4. The Morgan fingerprint density at radius 2 is 1.73 bits per heavy atom. The molecule has 6 heteroatoms. The summed E-state index contributed by atoms with van der Waals surface area (Å²) < 4.78 is 5.54. The number of nitrogens with zero attached hydrogens (tertiary/aromatic N) is 2. The maximum atomic E-state index is 12.3. The fraction of sp³-hybridized carbons (Fsp3) is 0.350. The van der Waals surface area contributed by atoms with Crippen molar-refractivity contribution in [3.8, 4) is 5.75 Å². The average Bonchev–Trinajstić information content (AvgIpc) is 2.67. The van der Waals surface area contributed by atoms with Crippen LogP contribution in [-0.2, 0) is 11.2 Å². The summed E-state index contributed by atoms with van der Waals surface area (Å²) in [5.41, 5.74) is 1.35. The first kappa shape index (κ1) is 19.0. The fourth-order valence-electron chi connectivity index (χ4n) is 2.98. The Hall–Kier alpha value is -1.75. The molecule has 1 aliphatic heterocycles. The SMILES string of the molecule is O=C(COc1ccc(Cl)cc1Cl)N1CCN(CCc2ccccc2)CC1. The molecular weight excluding hydrogens is 371 g/mol. The Kier molecular flexibility index (Phi) is 6.78. The third kappa shape index (κ3) is 5.37. The topological polar surface area (TPSA) is 32.8 Å². The Balaban J connectivity index is 1.40. The summed E-state index contributed by atoms with van der Waals surface area (Å²) in [4.78, 5) is 16.6. The number of hydrogen-bond donors (Lipinski definition) is 0. The Morgan fingerprint density at radius 1 is 1.00 bits per heavy atom. The van der Waals surface area contributed by atoms with Gasteiger partial charge >= 0.3 is 0 Å². The van der Waals surface area contributed by atoms with E-state index >= 15 is 0 Å².